The van der Waals surface area contributed by atoms with Gasteiger partial charge in [-0.3, -0.25) is 0 Å². The number of hydrogen-bond donors (Lipinski definition) is 1. The number of ether oxygens (including phenoxy) is 1. The average Bonchev–Trinajstić information content (AvgIpc) is 3.04. The maximum atomic E-state index is 13.6. The molecule has 1 heterocycles. The van der Waals surface area contributed by atoms with Crippen molar-refractivity contribution in [3.8, 4) is 5.75 Å². The SMILES string of the molecule is O=C(Oc1ccc([SH](c2ccccc2)c2ccccc2)cc1)c1sc(F)c(F)c1F. The molecular formula is C23H15F3O2S2. The maximum Gasteiger partial charge on any atom is 0.356 e. The first-order valence-electron chi connectivity index (χ1n) is 8.90. The quantitative estimate of drug-likeness (QED) is 0.207. The molecule has 0 saturated heterocycles. The zero-order valence-corrected chi connectivity index (χ0v) is 17.1. The summed E-state index contributed by atoms with van der Waals surface area (Å²) in [7, 11) is -0.826. The monoisotopic (exact) mass is 444 g/mol. The van der Waals surface area contributed by atoms with Crippen molar-refractivity contribution in [2.75, 3.05) is 0 Å². The van der Waals surface area contributed by atoms with Crippen LogP contribution in [0.15, 0.2) is 99.6 Å². The Hall–Kier alpha value is -3.03. The molecule has 0 fully saturated rings. The molecule has 0 aliphatic rings. The lowest BCUT2D eigenvalue weighted by Gasteiger charge is -2.23. The van der Waals surface area contributed by atoms with Crippen molar-refractivity contribution in [2.45, 2.75) is 14.7 Å². The lowest BCUT2D eigenvalue weighted by atomic mass is 10.3. The minimum absolute atomic E-state index is 0.0829. The minimum atomic E-state index is -1.67. The summed E-state index contributed by atoms with van der Waals surface area (Å²) in [4.78, 5) is 14.7. The van der Waals surface area contributed by atoms with E-state index in [1.54, 1.807) is 12.1 Å². The van der Waals surface area contributed by atoms with Crippen LogP contribution in [0.5, 0.6) is 5.75 Å². The highest BCUT2D eigenvalue weighted by atomic mass is 32.2. The van der Waals surface area contributed by atoms with E-state index in [0.717, 1.165) is 14.7 Å². The van der Waals surface area contributed by atoms with Gasteiger partial charge in [0.25, 0.3) is 0 Å². The normalized spacial score (nSPS) is 11.2. The van der Waals surface area contributed by atoms with Crippen molar-refractivity contribution >= 4 is 28.2 Å². The van der Waals surface area contributed by atoms with Crippen LogP contribution in [0.25, 0.3) is 0 Å². The number of thiol groups is 1. The number of carbonyl (C=O) groups is 1. The third-order valence-electron chi connectivity index (χ3n) is 4.28. The molecule has 0 spiro atoms. The molecular weight excluding hydrogens is 429 g/mol. The van der Waals surface area contributed by atoms with Crippen LogP contribution in [0, 0.1) is 16.8 Å². The molecule has 0 bridgehead atoms. The fourth-order valence-electron chi connectivity index (χ4n) is 2.91. The number of carbonyl (C=O) groups excluding carboxylic acids is 1. The van der Waals surface area contributed by atoms with E-state index < -0.39 is 38.5 Å². The Morgan fingerprint density at radius 2 is 1.20 bits per heavy atom. The zero-order valence-electron chi connectivity index (χ0n) is 15.4. The first kappa shape index (κ1) is 20.3. The van der Waals surface area contributed by atoms with Crippen molar-refractivity contribution in [1.29, 1.82) is 0 Å². The highest BCUT2D eigenvalue weighted by molar-refractivity contribution is 8.17. The highest BCUT2D eigenvalue weighted by Crippen LogP contribution is 2.51. The molecule has 4 aromatic rings. The first-order chi connectivity index (χ1) is 14.5. The Labute approximate surface area is 177 Å². The Morgan fingerprint density at radius 3 is 1.67 bits per heavy atom. The molecule has 30 heavy (non-hydrogen) atoms. The maximum absolute atomic E-state index is 13.6. The molecule has 2 nitrogen and oxygen atoms in total. The number of rotatable bonds is 5. The molecule has 3 aromatic carbocycles. The van der Waals surface area contributed by atoms with Crippen molar-refractivity contribution in [3.05, 3.63) is 107 Å². The van der Waals surface area contributed by atoms with Crippen LogP contribution in [-0.4, -0.2) is 5.97 Å². The van der Waals surface area contributed by atoms with Crippen LogP contribution in [0.1, 0.15) is 9.67 Å². The topological polar surface area (TPSA) is 26.3 Å². The first-order valence-corrected chi connectivity index (χ1v) is 11.1. The fourth-order valence-corrected chi connectivity index (χ4v) is 5.86. The minimum Gasteiger partial charge on any atom is -0.422 e. The summed E-state index contributed by atoms with van der Waals surface area (Å²) in [5.41, 5.74) is 0. The van der Waals surface area contributed by atoms with Gasteiger partial charge in [-0.05, 0) is 63.2 Å². The van der Waals surface area contributed by atoms with Gasteiger partial charge in [-0.2, -0.15) is 19.7 Å². The predicted molar refractivity (Wildman–Crippen MR) is 112 cm³/mol. The molecule has 1 aromatic heterocycles. The van der Waals surface area contributed by atoms with E-state index in [1.807, 2.05) is 48.5 Å². The molecule has 0 amide bonds. The molecule has 0 radical (unpaired) electrons. The Kier molecular flexibility index (Phi) is 5.92. The van der Waals surface area contributed by atoms with Gasteiger partial charge in [-0.25, -0.2) is 9.18 Å². The van der Waals surface area contributed by atoms with Crippen molar-refractivity contribution < 1.29 is 22.7 Å². The molecule has 7 heteroatoms. The van der Waals surface area contributed by atoms with Gasteiger partial charge >= 0.3 is 5.97 Å². The third kappa shape index (κ3) is 4.13. The summed E-state index contributed by atoms with van der Waals surface area (Å²) in [6.07, 6.45) is 0. The molecule has 0 aliphatic heterocycles. The smallest absolute Gasteiger partial charge is 0.356 e. The summed E-state index contributed by atoms with van der Waals surface area (Å²) < 4.78 is 45.0. The summed E-state index contributed by atoms with van der Waals surface area (Å²) >= 11 is 0.0829. The average molecular weight is 444 g/mol. The van der Waals surface area contributed by atoms with E-state index in [0.29, 0.717) is 0 Å². The van der Waals surface area contributed by atoms with E-state index in [-0.39, 0.29) is 17.1 Å². The van der Waals surface area contributed by atoms with Gasteiger partial charge in [0, 0.05) is 0 Å². The second-order valence-electron chi connectivity index (χ2n) is 6.22. The van der Waals surface area contributed by atoms with Crippen molar-refractivity contribution in [1.82, 2.24) is 0 Å². The fraction of sp³-hybridized carbons (Fsp3) is 0. The second-order valence-corrected chi connectivity index (χ2v) is 9.41. The van der Waals surface area contributed by atoms with Gasteiger partial charge in [0.1, 0.15) is 5.75 Å². The number of hydrogen-bond acceptors (Lipinski definition) is 3. The van der Waals surface area contributed by atoms with E-state index in [4.69, 9.17) is 4.74 Å². The molecule has 0 aliphatic carbocycles. The summed E-state index contributed by atoms with van der Waals surface area (Å²) in [5, 5.41) is -1.38. The largest absolute Gasteiger partial charge is 0.422 e. The van der Waals surface area contributed by atoms with Gasteiger partial charge in [0.15, 0.2) is 10.7 Å². The number of benzene rings is 3. The lowest BCUT2D eigenvalue weighted by molar-refractivity contribution is 0.0734. The number of esters is 1. The molecule has 0 unspecified atom stereocenters. The molecule has 0 saturated carbocycles. The predicted octanol–water partition coefficient (Wildman–Crippen LogP) is 6.86. The second kappa shape index (κ2) is 8.77. The third-order valence-corrected chi connectivity index (χ3v) is 7.63. The molecule has 0 atom stereocenters. The van der Waals surface area contributed by atoms with Gasteiger partial charge < -0.3 is 4.74 Å². The summed E-state index contributed by atoms with van der Waals surface area (Å²) in [5.74, 6) is -4.18. The zero-order chi connectivity index (χ0) is 21.1. The van der Waals surface area contributed by atoms with Crippen LogP contribution in [0.3, 0.4) is 0 Å². The van der Waals surface area contributed by atoms with E-state index in [2.05, 4.69) is 24.3 Å². The van der Waals surface area contributed by atoms with Crippen molar-refractivity contribution in [2.24, 2.45) is 0 Å². The van der Waals surface area contributed by atoms with Gasteiger partial charge in [0.2, 0.25) is 10.9 Å². The van der Waals surface area contributed by atoms with Gasteiger partial charge in [-0.1, -0.05) is 47.7 Å². The van der Waals surface area contributed by atoms with E-state index in [9.17, 15) is 18.0 Å². The van der Waals surface area contributed by atoms with Crippen LogP contribution in [0.4, 0.5) is 13.2 Å². The Balaban J connectivity index is 1.61. The summed E-state index contributed by atoms with van der Waals surface area (Å²) in [6, 6.07) is 27.0. The highest BCUT2D eigenvalue weighted by Gasteiger charge is 2.25. The molecule has 4 rings (SSSR count). The van der Waals surface area contributed by atoms with Crippen LogP contribution >= 0.6 is 22.2 Å². The Bertz CT molecular complexity index is 1120. The van der Waals surface area contributed by atoms with Gasteiger partial charge in [-0.15, -0.1) is 0 Å². The van der Waals surface area contributed by atoms with E-state index in [1.165, 1.54) is 0 Å². The standard InChI is InChI=1S/C23H15F3O2S2/c24-19-20(25)22(26)29-21(19)23(27)28-15-11-13-18(14-12-15)30(16-7-3-1-4-8-16)17-9-5-2-6-10-17/h1-14,30H. The molecule has 152 valence electrons. The van der Waals surface area contributed by atoms with Crippen molar-refractivity contribution in [3.63, 3.8) is 0 Å². The number of halogens is 3. The molecule has 0 N–H and O–H groups in total. The summed E-state index contributed by atoms with van der Waals surface area (Å²) in [6.45, 7) is 0. The number of thiophene rings is 1. The van der Waals surface area contributed by atoms with E-state index >= 15 is 0 Å². The Morgan fingerprint density at radius 1 is 0.700 bits per heavy atom. The van der Waals surface area contributed by atoms with Crippen LogP contribution in [-0.2, 0) is 0 Å². The van der Waals surface area contributed by atoms with Gasteiger partial charge in [0.05, 0.1) is 0 Å². The van der Waals surface area contributed by atoms with Crippen LogP contribution in [0.2, 0.25) is 0 Å². The lowest BCUT2D eigenvalue weighted by Crippen LogP contribution is -2.08. The van der Waals surface area contributed by atoms with Crippen LogP contribution < -0.4 is 4.74 Å².